The number of carbonyl (C=O) groups is 1. The molecule has 0 spiro atoms. The lowest BCUT2D eigenvalue weighted by Crippen LogP contribution is -2.52. The van der Waals surface area contributed by atoms with Crippen LogP contribution in [-0.4, -0.2) is 60.0 Å². The second kappa shape index (κ2) is 6.66. The van der Waals surface area contributed by atoms with Crippen molar-refractivity contribution in [2.24, 2.45) is 5.92 Å². The first-order valence-corrected chi connectivity index (χ1v) is 8.93. The van der Waals surface area contributed by atoms with Crippen molar-refractivity contribution in [1.29, 1.82) is 0 Å². The Bertz CT molecular complexity index is 361. The van der Waals surface area contributed by atoms with Crippen LogP contribution in [0.2, 0.25) is 0 Å². The van der Waals surface area contributed by atoms with Crippen LogP contribution in [0.3, 0.4) is 0 Å². The van der Waals surface area contributed by atoms with Gasteiger partial charge in [0.05, 0.1) is 6.04 Å². The van der Waals surface area contributed by atoms with Gasteiger partial charge >= 0.3 is 0 Å². The van der Waals surface area contributed by atoms with Crippen LogP contribution in [0.15, 0.2) is 0 Å². The molecule has 120 valence electrons. The van der Waals surface area contributed by atoms with E-state index in [-0.39, 0.29) is 6.04 Å². The summed E-state index contributed by atoms with van der Waals surface area (Å²) < 4.78 is 0. The molecule has 3 aliphatic rings. The van der Waals surface area contributed by atoms with Crippen molar-refractivity contribution in [3.63, 3.8) is 0 Å². The zero-order chi connectivity index (χ0) is 14.8. The highest BCUT2D eigenvalue weighted by Crippen LogP contribution is 2.32. The van der Waals surface area contributed by atoms with Gasteiger partial charge in [0, 0.05) is 18.6 Å². The van der Waals surface area contributed by atoms with E-state index in [1.165, 1.54) is 32.1 Å². The molecule has 1 aliphatic carbocycles. The molecule has 2 saturated heterocycles. The Hall–Kier alpha value is -0.610. The van der Waals surface area contributed by atoms with Crippen molar-refractivity contribution in [3.8, 4) is 0 Å². The lowest BCUT2D eigenvalue weighted by Gasteiger charge is -2.37. The summed E-state index contributed by atoms with van der Waals surface area (Å²) >= 11 is 0. The third kappa shape index (κ3) is 3.59. The molecule has 4 nitrogen and oxygen atoms in total. The molecule has 1 N–H and O–H groups in total. The number of amides is 1. The van der Waals surface area contributed by atoms with Gasteiger partial charge in [-0.2, -0.15) is 0 Å². The van der Waals surface area contributed by atoms with Crippen molar-refractivity contribution in [2.45, 2.75) is 70.5 Å². The van der Waals surface area contributed by atoms with E-state index < -0.39 is 0 Å². The molecule has 21 heavy (non-hydrogen) atoms. The maximum Gasteiger partial charge on any atom is 0.240 e. The molecule has 1 amide bonds. The number of nitrogens with zero attached hydrogens (tertiary/aromatic N) is 2. The summed E-state index contributed by atoms with van der Waals surface area (Å²) in [6, 6.07) is 1.35. The highest BCUT2D eigenvalue weighted by Gasteiger charge is 2.41. The van der Waals surface area contributed by atoms with Crippen molar-refractivity contribution >= 4 is 5.91 Å². The average Bonchev–Trinajstić information content (AvgIpc) is 3.21. The minimum Gasteiger partial charge on any atom is -0.338 e. The molecule has 0 radical (unpaired) electrons. The predicted molar refractivity (Wildman–Crippen MR) is 85.2 cm³/mol. The first kappa shape index (κ1) is 15.3. The number of nitrogens with one attached hydrogen (secondary N) is 1. The van der Waals surface area contributed by atoms with Crippen LogP contribution in [0.25, 0.3) is 0 Å². The van der Waals surface area contributed by atoms with Crippen LogP contribution in [0.4, 0.5) is 0 Å². The zero-order valence-electron chi connectivity index (χ0n) is 13.7. The molecule has 0 aromatic rings. The number of piperidine rings is 1. The van der Waals surface area contributed by atoms with E-state index in [0.29, 0.717) is 23.9 Å². The van der Waals surface area contributed by atoms with Gasteiger partial charge in [-0.1, -0.05) is 13.8 Å². The minimum atomic E-state index is 0.174. The SMILES string of the molecule is CC(C)CN(C(=O)C1CCCN1C1CCNCC1)C1CC1. The Morgan fingerprint density at radius 2 is 1.90 bits per heavy atom. The number of hydrogen-bond acceptors (Lipinski definition) is 3. The largest absolute Gasteiger partial charge is 0.338 e. The molecule has 1 atom stereocenters. The van der Waals surface area contributed by atoms with E-state index in [9.17, 15) is 4.79 Å². The Morgan fingerprint density at radius 3 is 2.52 bits per heavy atom. The van der Waals surface area contributed by atoms with E-state index >= 15 is 0 Å². The molecular weight excluding hydrogens is 262 g/mol. The monoisotopic (exact) mass is 293 g/mol. The Balaban J connectivity index is 1.66. The van der Waals surface area contributed by atoms with Crippen LogP contribution < -0.4 is 5.32 Å². The maximum absolute atomic E-state index is 13.1. The molecular formula is C17H31N3O. The van der Waals surface area contributed by atoms with Crippen LogP contribution in [0, 0.1) is 5.92 Å². The van der Waals surface area contributed by atoms with Gasteiger partial charge in [-0.05, 0) is 64.1 Å². The average molecular weight is 293 g/mol. The zero-order valence-corrected chi connectivity index (χ0v) is 13.7. The van der Waals surface area contributed by atoms with Gasteiger partial charge in [-0.15, -0.1) is 0 Å². The topological polar surface area (TPSA) is 35.6 Å². The fourth-order valence-electron chi connectivity index (χ4n) is 4.02. The predicted octanol–water partition coefficient (Wildman–Crippen LogP) is 1.85. The molecule has 0 aromatic heterocycles. The van der Waals surface area contributed by atoms with Crippen LogP contribution in [-0.2, 0) is 4.79 Å². The van der Waals surface area contributed by atoms with Crippen LogP contribution in [0.5, 0.6) is 0 Å². The van der Waals surface area contributed by atoms with E-state index in [1.807, 2.05) is 0 Å². The van der Waals surface area contributed by atoms with E-state index in [4.69, 9.17) is 0 Å². The normalized spacial score (nSPS) is 28.2. The summed E-state index contributed by atoms with van der Waals surface area (Å²) in [7, 11) is 0. The first-order chi connectivity index (χ1) is 10.2. The molecule has 3 fully saturated rings. The fourth-order valence-corrected chi connectivity index (χ4v) is 4.02. The lowest BCUT2D eigenvalue weighted by atomic mass is 10.0. The van der Waals surface area contributed by atoms with Crippen molar-refractivity contribution < 1.29 is 4.79 Å². The molecule has 4 heteroatoms. The number of likely N-dealkylation sites (tertiary alicyclic amines) is 1. The van der Waals surface area contributed by atoms with Gasteiger partial charge in [0.25, 0.3) is 0 Å². The highest BCUT2D eigenvalue weighted by molar-refractivity contribution is 5.83. The van der Waals surface area contributed by atoms with E-state index in [0.717, 1.165) is 32.6 Å². The molecule has 3 rings (SSSR count). The first-order valence-electron chi connectivity index (χ1n) is 8.93. The smallest absolute Gasteiger partial charge is 0.240 e. The van der Waals surface area contributed by atoms with Crippen LogP contribution >= 0.6 is 0 Å². The van der Waals surface area contributed by atoms with Gasteiger partial charge in [-0.25, -0.2) is 0 Å². The summed E-state index contributed by atoms with van der Waals surface area (Å²) in [5.41, 5.74) is 0. The summed E-state index contributed by atoms with van der Waals surface area (Å²) in [6.07, 6.45) is 7.12. The maximum atomic E-state index is 13.1. The standard InChI is InChI=1S/C17H31N3O/c1-13(2)12-20(14-5-6-14)17(21)16-4-3-11-19(16)15-7-9-18-10-8-15/h13-16,18H,3-12H2,1-2H3. The molecule has 1 unspecified atom stereocenters. The molecule has 2 heterocycles. The van der Waals surface area contributed by atoms with E-state index in [1.54, 1.807) is 0 Å². The molecule has 0 bridgehead atoms. The Morgan fingerprint density at radius 1 is 1.19 bits per heavy atom. The number of carbonyl (C=O) groups excluding carboxylic acids is 1. The number of rotatable bonds is 5. The Kier molecular flexibility index (Phi) is 4.85. The summed E-state index contributed by atoms with van der Waals surface area (Å²) in [6.45, 7) is 8.74. The van der Waals surface area contributed by atoms with Gasteiger partial charge < -0.3 is 10.2 Å². The lowest BCUT2D eigenvalue weighted by molar-refractivity contribution is -0.138. The summed E-state index contributed by atoms with van der Waals surface area (Å²) in [4.78, 5) is 17.8. The second-order valence-corrected chi connectivity index (χ2v) is 7.49. The third-order valence-corrected chi connectivity index (χ3v) is 5.19. The highest BCUT2D eigenvalue weighted by atomic mass is 16.2. The molecule has 0 aromatic carbocycles. The van der Waals surface area contributed by atoms with Gasteiger partial charge in [-0.3, -0.25) is 9.69 Å². The van der Waals surface area contributed by atoms with Crippen LogP contribution in [0.1, 0.15) is 52.4 Å². The molecule has 2 aliphatic heterocycles. The van der Waals surface area contributed by atoms with Gasteiger partial charge in [0.2, 0.25) is 5.91 Å². The minimum absolute atomic E-state index is 0.174. The fraction of sp³-hybridized carbons (Fsp3) is 0.941. The van der Waals surface area contributed by atoms with Gasteiger partial charge in [0.15, 0.2) is 0 Å². The van der Waals surface area contributed by atoms with Crippen molar-refractivity contribution in [1.82, 2.24) is 15.1 Å². The summed E-state index contributed by atoms with van der Waals surface area (Å²) in [5, 5.41) is 3.44. The summed E-state index contributed by atoms with van der Waals surface area (Å²) in [5.74, 6) is 1.01. The second-order valence-electron chi connectivity index (χ2n) is 7.49. The quantitative estimate of drug-likeness (QED) is 0.840. The Labute approximate surface area is 129 Å². The third-order valence-electron chi connectivity index (χ3n) is 5.19. The van der Waals surface area contributed by atoms with Crippen molar-refractivity contribution in [2.75, 3.05) is 26.2 Å². The number of hydrogen-bond donors (Lipinski definition) is 1. The van der Waals surface area contributed by atoms with E-state index in [2.05, 4.69) is 29.0 Å². The van der Waals surface area contributed by atoms with Gasteiger partial charge in [0.1, 0.15) is 0 Å². The molecule has 1 saturated carbocycles. The van der Waals surface area contributed by atoms with Crippen molar-refractivity contribution in [3.05, 3.63) is 0 Å².